The molecule has 0 fully saturated rings. The Hall–Kier alpha value is -0.900. The van der Waals surface area contributed by atoms with Crippen LogP contribution in [0.15, 0.2) is 23.7 Å². The monoisotopic (exact) mass is 306 g/mol. The molecule has 2 heterocycles. The molecule has 2 aromatic heterocycles. The minimum atomic E-state index is 0.280. The van der Waals surface area contributed by atoms with E-state index in [4.69, 9.17) is 11.6 Å². The van der Waals surface area contributed by atoms with Crippen molar-refractivity contribution in [3.63, 3.8) is 0 Å². The Labute approximate surface area is 129 Å². The summed E-state index contributed by atoms with van der Waals surface area (Å²) in [7, 11) is 0. The minimum absolute atomic E-state index is 0.280. The van der Waals surface area contributed by atoms with Crippen LogP contribution >= 0.6 is 22.9 Å². The molecule has 2 atom stereocenters. The van der Waals surface area contributed by atoms with E-state index in [1.165, 1.54) is 21.7 Å². The lowest BCUT2D eigenvalue weighted by molar-refractivity contribution is 0.453. The van der Waals surface area contributed by atoms with Gasteiger partial charge in [-0.15, -0.1) is 11.3 Å². The molecular formula is C16H19ClN2S. The van der Waals surface area contributed by atoms with E-state index in [1.807, 2.05) is 12.3 Å². The molecular weight excluding hydrogens is 288 g/mol. The number of likely N-dealkylation sites (N-methyl/N-ethyl adjacent to an activating group) is 1. The Morgan fingerprint density at radius 3 is 3.10 bits per heavy atom. The fraction of sp³-hybridized carbons (Fsp3) is 0.438. The van der Waals surface area contributed by atoms with Crippen molar-refractivity contribution in [2.45, 2.75) is 38.6 Å². The van der Waals surface area contributed by atoms with Crippen molar-refractivity contribution < 1.29 is 0 Å². The normalized spacial score (nSPS) is 19.1. The second kappa shape index (κ2) is 5.84. The average molecular weight is 307 g/mol. The molecule has 106 valence electrons. The zero-order valence-corrected chi connectivity index (χ0v) is 13.4. The number of nitrogens with one attached hydrogen (secondary N) is 1. The fourth-order valence-electron chi connectivity index (χ4n) is 3.07. The summed E-state index contributed by atoms with van der Waals surface area (Å²) < 4.78 is 0. The van der Waals surface area contributed by atoms with Crippen molar-refractivity contribution in [3.8, 4) is 0 Å². The second-order valence-electron chi connectivity index (χ2n) is 5.33. The van der Waals surface area contributed by atoms with Gasteiger partial charge in [0.25, 0.3) is 0 Å². The SMILES string of the molecule is CCNC(c1scc(C)c1Cl)C1CCc2cccnc21. The standard InChI is InChI=1S/C16H19ClN2S/c1-3-18-15(16-13(17)10(2)9-20-16)12-7-6-11-5-4-8-19-14(11)12/h4-5,8-9,12,15,18H,3,6-7H2,1-2H3. The van der Waals surface area contributed by atoms with Crippen LogP contribution in [0.5, 0.6) is 0 Å². The van der Waals surface area contributed by atoms with E-state index in [9.17, 15) is 0 Å². The number of halogens is 1. The van der Waals surface area contributed by atoms with Gasteiger partial charge in [0.05, 0.1) is 11.1 Å². The first-order valence-corrected chi connectivity index (χ1v) is 8.38. The number of aromatic nitrogens is 1. The summed E-state index contributed by atoms with van der Waals surface area (Å²) in [5.41, 5.74) is 3.82. The van der Waals surface area contributed by atoms with Crippen LogP contribution < -0.4 is 5.32 Å². The third-order valence-electron chi connectivity index (χ3n) is 4.04. The van der Waals surface area contributed by atoms with E-state index in [1.54, 1.807) is 11.3 Å². The van der Waals surface area contributed by atoms with E-state index in [-0.39, 0.29) is 6.04 Å². The number of rotatable bonds is 4. The molecule has 0 aliphatic heterocycles. The molecule has 4 heteroatoms. The van der Waals surface area contributed by atoms with Gasteiger partial charge in [0, 0.05) is 22.7 Å². The number of aryl methyl sites for hydroxylation is 2. The highest BCUT2D eigenvalue weighted by Gasteiger charge is 2.33. The van der Waals surface area contributed by atoms with Crippen LogP contribution in [-0.4, -0.2) is 11.5 Å². The van der Waals surface area contributed by atoms with Crippen LogP contribution in [0.4, 0.5) is 0 Å². The molecule has 0 saturated carbocycles. The molecule has 2 unspecified atom stereocenters. The van der Waals surface area contributed by atoms with E-state index in [2.05, 4.69) is 35.6 Å². The first-order valence-electron chi connectivity index (χ1n) is 7.13. The lowest BCUT2D eigenvalue weighted by Gasteiger charge is -2.24. The zero-order valence-electron chi connectivity index (χ0n) is 11.8. The number of nitrogens with zero attached hydrogens (tertiary/aromatic N) is 1. The molecule has 2 aromatic rings. The number of hydrogen-bond donors (Lipinski definition) is 1. The molecule has 1 aliphatic rings. The lowest BCUT2D eigenvalue weighted by atomic mass is 9.95. The van der Waals surface area contributed by atoms with Crippen LogP contribution in [0, 0.1) is 6.92 Å². The number of hydrogen-bond acceptors (Lipinski definition) is 3. The molecule has 0 bridgehead atoms. The molecule has 0 spiro atoms. The van der Waals surface area contributed by atoms with Gasteiger partial charge in [-0.25, -0.2) is 0 Å². The number of pyridine rings is 1. The van der Waals surface area contributed by atoms with Crippen molar-refractivity contribution in [1.29, 1.82) is 0 Å². The smallest absolute Gasteiger partial charge is 0.0590 e. The molecule has 20 heavy (non-hydrogen) atoms. The Kier molecular flexibility index (Phi) is 4.11. The van der Waals surface area contributed by atoms with Gasteiger partial charge in [-0.2, -0.15) is 0 Å². The van der Waals surface area contributed by atoms with Crippen LogP contribution in [-0.2, 0) is 6.42 Å². The maximum Gasteiger partial charge on any atom is 0.0590 e. The van der Waals surface area contributed by atoms with Crippen molar-refractivity contribution in [2.75, 3.05) is 6.54 Å². The molecule has 0 saturated heterocycles. The highest BCUT2D eigenvalue weighted by molar-refractivity contribution is 7.10. The molecule has 2 nitrogen and oxygen atoms in total. The van der Waals surface area contributed by atoms with Crippen molar-refractivity contribution in [3.05, 3.63) is 50.4 Å². The van der Waals surface area contributed by atoms with Gasteiger partial charge in [0.1, 0.15) is 0 Å². The summed E-state index contributed by atoms with van der Waals surface area (Å²) in [4.78, 5) is 5.89. The van der Waals surface area contributed by atoms with Gasteiger partial charge >= 0.3 is 0 Å². The highest BCUT2D eigenvalue weighted by Crippen LogP contribution is 2.44. The van der Waals surface area contributed by atoms with E-state index >= 15 is 0 Å². The van der Waals surface area contributed by atoms with Crippen LogP contribution in [0.2, 0.25) is 5.02 Å². The first kappa shape index (κ1) is 14.1. The van der Waals surface area contributed by atoms with Gasteiger partial charge in [-0.05, 0) is 48.9 Å². The summed E-state index contributed by atoms with van der Waals surface area (Å²) in [6, 6.07) is 4.51. The van der Waals surface area contributed by atoms with Gasteiger partial charge in [-0.1, -0.05) is 24.6 Å². The Morgan fingerprint density at radius 1 is 1.55 bits per heavy atom. The Bertz CT molecular complexity index is 608. The highest BCUT2D eigenvalue weighted by atomic mass is 35.5. The average Bonchev–Trinajstić information content (AvgIpc) is 3.02. The minimum Gasteiger partial charge on any atom is -0.309 e. The number of fused-ring (bicyclic) bond motifs is 1. The second-order valence-corrected chi connectivity index (χ2v) is 6.61. The van der Waals surface area contributed by atoms with Crippen LogP contribution in [0.3, 0.4) is 0 Å². The largest absolute Gasteiger partial charge is 0.309 e. The lowest BCUT2D eigenvalue weighted by Crippen LogP contribution is -2.26. The van der Waals surface area contributed by atoms with E-state index in [0.717, 1.165) is 24.4 Å². The van der Waals surface area contributed by atoms with E-state index in [0.29, 0.717) is 5.92 Å². The number of thiophene rings is 1. The summed E-state index contributed by atoms with van der Waals surface area (Å²) in [6.07, 6.45) is 4.18. The van der Waals surface area contributed by atoms with Crippen molar-refractivity contribution in [2.24, 2.45) is 0 Å². The van der Waals surface area contributed by atoms with Crippen molar-refractivity contribution in [1.82, 2.24) is 10.3 Å². The van der Waals surface area contributed by atoms with Gasteiger partial charge in [0.15, 0.2) is 0 Å². The molecule has 0 amide bonds. The Morgan fingerprint density at radius 2 is 2.40 bits per heavy atom. The third-order valence-corrected chi connectivity index (χ3v) is 5.83. The molecule has 0 radical (unpaired) electrons. The van der Waals surface area contributed by atoms with Crippen LogP contribution in [0.1, 0.15) is 47.0 Å². The van der Waals surface area contributed by atoms with Crippen molar-refractivity contribution >= 4 is 22.9 Å². The Balaban J connectivity index is 1.98. The summed E-state index contributed by atoms with van der Waals surface area (Å²) in [5, 5.41) is 6.69. The summed E-state index contributed by atoms with van der Waals surface area (Å²) in [6.45, 7) is 5.17. The van der Waals surface area contributed by atoms with E-state index < -0.39 is 0 Å². The van der Waals surface area contributed by atoms with Gasteiger partial charge in [-0.3, -0.25) is 4.98 Å². The summed E-state index contributed by atoms with van der Waals surface area (Å²) in [5.74, 6) is 0.432. The predicted octanol–water partition coefficient (Wildman–Crippen LogP) is 4.49. The third kappa shape index (κ3) is 2.39. The van der Waals surface area contributed by atoms with Crippen LogP contribution in [0.25, 0.3) is 0 Å². The maximum atomic E-state index is 6.49. The first-order chi connectivity index (χ1) is 9.72. The molecule has 0 aromatic carbocycles. The summed E-state index contributed by atoms with van der Waals surface area (Å²) >= 11 is 8.26. The fourth-order valence-corrected chi connectivity index (χ4v) is 4.52. The molecule has 1 N–H and O–H groups in total. The topological polar surface area (TPSA) is 24.9 Å². The maximum absolute atomic E-state index is 6.49. The molecule has 3 rings (SSSR count). The predicted molar refractivity (Wildman–Crippen MR) is 85.8 cm³/mol. The van der Waals surface area contributed by atoms with Gasteiger partial charge < -0.3 is 5.32 Å². The van der Waals surface area contributed by atoms with Gasteiger partial charge in [0.2, 0.25) is 0 Å². The zero-order chi connectivity index (χ0) is 14.1. The molecule has 1 aliphatic carbocycles. The quantitative estimate of drug-likeness (QED) is 0.900.